The van der Waals surface area contributed by atoms with E-state index < -0.39 is 0 Å². The lowest BCUT2D eigenvalue weighted by molar-refractivity contribution is 0.0734. The number of amides is 1. The van der Waals surface area contributed by atoms with E-state index >= 15 is 0 Å². The van der Waals surface area contributed by atoms with Gasteiger partial charge < -0.3 is 4.90 Å². The van der Waals surface area contributed by atoms with Crippen molar-refractivity contribution in [2.45, 2.75) is 53.1 Å². The van der Waals surface area contributed by atoms with Gasteiger partial charge in [-0.2, -0.15) is 5.10 Å². The summed E-state index contributed by atoms with van der Waals surface area (Å²) in [6, 6.07) is 2.04. The molecule has 0 aliphatic rings. The van der Waals surface area contributed by atoms with Gasteiger partial charge in [0.15, 0.2) is 0 Å². The van der Waals surface area contributed by atoms with E-state index in [0.29, 0.717) is 5.69 Å². The molecule has 0 aliphatic carbocycles. The molecule has 1 aromatic rings. The molecule has 1 rings (SSSR count). The molecule has 0 unspecified atom stereocenters. The van der Waals surface area contributed by atoms with Gasteiger partial charge in [-0.15, -0.1) is 0 Å². The van der Waals surface area contributed by atoms with Crippen LogP contribution in [0, 0.1) is 6.92 Å². The first-order valence-electron chi connectivity index (χ1n) is 5.99. The van der Waals surface area contributed by atoms with Crippen LogP contribution in [-0.2, 0) is 5.54 Å². The summed E-state index contributed by atoms with van der Waals surface area (Å²) in [5.41, 5.74) is 1.35. The third-order valence-corrected chi connectivity index (χ3v) is 2.78. The molecule has 4 heteroatoms. The smallest absolute Gasteiger partial charge is 0.272 e. The van der Waals surface area contributed by atoms with Gasteiger partial charge in [-0.25, -0.2) is 0 Å². The van der Waals surface area contributed by atoms with Gasteiger partial charge in [-0.1, -0.05) is 0 Å². The van der Waals surface area contributed by atoms with E-state index in [9.17, 15) is 4.79 Å². The Morgan fingerprint density at radius 1 is 1.41 bits per heavy atom. The largest absolute Gasteiger partial charge is 0.338 e. The summed E-state index contributed by atoms with van der Waals surface area (Å²) < 4.78 is 1.81. The standard InChI is InChI=1S/C13H23N3O/c1-9(2)15(7)12(17)11-8-10(3)14-16(11)13(4,5)6/h8-9H,1-7H3. The average Bonchev–Trinajstić information content (AvgIpc) is 2.57. The lowest BCUT2D eigenvalue weighted by Gasteiger charge is -2.26. The van der Waals surface area contributed by atoms with Gasteiger partial charge in [-0.3, -0.25) is 9.48 Å². The van der Waals surface area contributed by atoms with Crippen LogP contribution in [0.2, 0.25) is 0 Å². The Bertz CT molecular complexity index is 413. The van der Waals surface area contributed by atoms with Gasteiger partial charge >= 0.3 is 0 Å². The minimum atomic E-state index is -0.183. The van der Waals surface area contributed by atoms with Crippen LogP contribution in [-0.4, -0.2) is 33.7 Å². The van der Waals surface area contributed by atoms with E-state index in [1.807, 2.05) is 59.3 Å². The van der Waals surface area contributed by atoms with Crippen molar-refractivity contribution in [3.8, 4) is 0 Å². The molecule has 4 nitrogen and oxygen atoms in total. The van der Waals surface area contributed by atoms with Crippen molar-refractivity contribution < 1.29 is 4.79 Å². The molecule has 1 amide bonds. The molecule has 0 saturated carbocycles. The van der Waals surface area contributed by atoms with Gasteiger partial charge in [0, 0.05) is 13.1 Å². The molecule has 17 heavy (non-hydrogen) atoms. The third kappa shape index (κ3) is 2.87. The first-order valence-corrected chi connectivity index (χ1v) is 5.99. The number of aryl methyl sites for hydroxylation is 1. The number of aromatic nitrogens is 2. The van der Waals surface area contributed by atoms with Crippen LogP contribution in [0.3, 0.4) is 0 Å². The minimum Gasteiger partial charge on any atom is -0.338 e. The first-order chi connectivity index (χ1) is 7.64. The fraction of sp³-hybridized carbons (Fsp3) is 0.692. The molecule has 0 fully saturated rings. The Morgan fingerprint density at radius 2 is 1.94 bits per heavy atom. The van der Waals surface area contributed by atoms with Crippen LogP contribution >= 0.6 is 0 Å². The number of hydrogen-bond acceptors (Lipinski definition) is 2. The number of carbonyl (C=O) groups excluding carboxylic acids is 1. The van der Waals surface area contributed by atoms with Gasteiger partial charge in [0.25, 0.3) is 5.91 Å². The second-order valence-electron chi connectivity index (χ2n) is 5.76. The number of hydrogen-bond donors (Lipinski definition) is 0. The lowest BCUT2D eigenvalue weighted by atomic mass is 10.1. The molecule has 0 atom stereocenters. The van der Waals surface area contributed by atoms with Crippen molar-refractivity contribution in [1.82, 2.24) is 14.7 Å². The molecule has 0 bridgehead atoms. The fourth-order valence-corrected chi connectivity index (χ4v) is 1.58. The van der Waals surface area contributed by atoms with Crippen LogP contribution < -0.4 is 0 Å². The van der Waals surface area contributed by atoms with Crippen molar-refractivity contribution in [2.75, 3.05) is 7.05 Å². The molecule has 1 aromatic heterocycles. The van der Waals surface area contributed by atoms with Crippen molar-refractivity contribution in [2.24, 2.45) is 0 Å². The van der Waals surface area contributed by atoms with Crippen molar-refractivity contribution >= 4 is 5.91 Å². The van der Waals surface area contributed by atoms with Crippen LogP contribution in [0.5, 0.6) is 0 Å². The number of nitrogens with zero attached hydrogens (tertiary/aromatic N) is 3. The van der Waals surface area contributed by atoms with Crippen LogP contribution in [0.1, 0.15) is 50.8 Å². The van der Waals surface area contributed by atoms with E-state index in [-0.39, 0.29) is 17.5 Å². The van der Waals surface area contributed by atoms with E-state index in [2.05, 4.69) is 5.10 Å². The Morgan fingerprint density at radius 3 is 2.35 bits per heavy atom. The highest BCUT2D eigenvalue weighted by Crippen LogP contribution is 2.18. The normalized spacial score (nSPS) is 12.0. The topological polar surface area (TPSA) is 38.1 Å². The summed E-state index contributed by atoms with van der Waals surface area (Å²) in [5, 5.41) is 4.41. The zero-order chi connectivity index (χ0) is 13.4. The molecule has 0 spiro atoms. The molecule has 0 N–H and O–H groups in total. The summed E-state index contributed by atoms with van der Waals surface area (Å²) >= 11 is 0. The quantitative estimate of drug-likeness (QED) is 0.792. The molecule has 0 aromatic carbocycles. The summed E-state index contributed by atoms with van der Waals surface area (Å²) in [4.78, 5) is 14.1. The second-order valence-corrected chi connectivity index (χ2v) is 5.76. The first kappa shape index (κ1) is 13.7. The zero-order valence-electron chi connectivity index (χ0n) is 11.9. The van der Waals surface area contributed by atoms with Crippen molar-refractivity contribution in [1.29, 1.82) is 0 Å². The van der Waals surface area contributed by atoms with Crippen LogP contribution in [0.25, 0.3) is 0 Å². The van der Waals surface area contributed by atoms with Crippen LogP contribution in [0.4, 0.5) is 0 Å². The third-order valence-electron chi connectivity index (χ3n) is 2.78. The Balaban J connectivity index is 3.19. The van der Waals surface area contributed by atoms with Crippen LogP contribution in [0.15, 0.2) is 6.07 Å². The Labute approximate surface area is 104 Å². The van der Waals surface area contributed by atoms with Gasteiger partial charge in [0.1, 0.15) is 5.69 Å². The summed E-state index contributed by atoms with van der Waals surface area (Å²) in [7, 11) is 1.82. The SMILES string of the molecule is Cc1cc(C(=O)N(C)C(C)C)n(C(C)(C)C)n1. The zero-order valence-corrected chi connectivity index (χ0v) is 11.9. The Hall–Kier alpha value is -1.32. The summed E-state index contributed by atoms with van der Waals surface area (Å²) in [6.07, 6.45) is 0. The lowest BCUT2D eigenvalue weighted by Crippen LogP contribution is -2.37. The molecule has 0 aliphatic heterocycles. The maximum absolute atomic E-state index is 12.3. The fourth-order valence-electron chi connectivity index (χ4n) is 1.58. The highest BCUT2D eigenvalue weighted by molar-refractivity contribution is 5.92. The minimum absolute atomic E-state index is 0.0236. The highest BCUT2D eigenvalue weighted by atomic mass is 16.2. The second kappa shape index (κ2) is 4.51. The molecular weight excluding hydrogens is 214 g/mol. The Kier molecular flexibility index (Phi) is 3.65. The maximum atomic E-state index is 12.3. The predicted octanol–water partition coefficient (Wildman–Crippen LogP) is 2.43. The maximum Gasteiger partial charge on any atom is 0.272 e. The van der Waals surface area contributed by atoms with E-state index in [1.54, 1.807) is 4.90 Å². The molecule has 0 saturated heterocycles. The monoisotopic (exact) mass is 237 g/mol. The number of rotatable bonds is 2. The van der Waals surface area contributed by atoms with E-state index in [4.69, 9.17) is 0 Å². The summed E-state index contributed by atoms with van der Waals surface area (Å²) in [6.45, 7) is 12.1. The molecule has 0 radical (unpaired) electrons. The number of carbonyl (C=O) groups is 1. The van der Waals surface area contributed by atoms with E-state index in [0.717, 1.165) is 5.69 Å². The highest BCUT2D eigenvalue weighted by Gasteiger charge is 2.25. The average molecular weight is 237 g/mol. The predicted molar refractivity (Wildman–Crippen MR) is 69.2 cm³/mol. The molecule has 96 valence electrons. The van der Waals surface area contributed by atoms with E-state index in [1.165, 1.54) is 0 Å². The van der Waals surface area contributed by atoms with Gasteiger partial charge in [0.2, 0.25) is 0 Å². The van der Waals surface area contributed by atoms with Crippen molar-refractivity contribution in [3.05, 3.63) is 17.5 Å². The molecular formula is C13H23N3O. The van der Waals surface area contributed by atoms with Gasteiger partial charge in [0.05, 0.1) is 11.2 Å². The van der Waals surface area contributed by atoms with Gasteiger partial charge in [-0.05, 0) is 47.6 Å². The summed E-state index contributed by atoms with van der Waals surface area (Å²) in [5.74, 6) is 0.0236. The molecule has 1 heterocycles. The van der Waals surface area contributed by atoms with Crippen molar-refractivity contribution in [3.63, 3.8) is 0 Å².